The van der Waals surface area contributed by atoms with Crippen molar-refractivity contribution >= 4 is 22.8 Å². The van der Waals surface area contributed by atoms with Crippen molar-refractivity contribution in [3.8, 4) is 0 Å². The number of carbonyl (C=O) groups excluding carboxylic acids is 2. The van der Waals surface area contributed by atoms with Crippen molar-refractivity contribution in [1.82, 2.24) is 20.2 Å². The van der Waals surface area contributed by atoms with Crippen molar-refractivity contribution in [3.05, 3.63) is 64.2 Å². The highest BCUT2D eigenvalue weighted by molar-refractivity contribution is 5.98. The lowest BCUT2D eigenvalue weighted by atomic mass is 9.85. The molecule has 1 aliphatic carbocycles. The molecule has 6 nitrogen and oxygen atoms in total. The molecule has 3 aromatic rings. The molecule has 0 unspecified atom stereocenters. The summed E-state index contributed by atoms with van der Waals surface area (Å²) < 4.78 is 85.2. The number of rotatable bonds is 6. The molecule has 12 heteroatoms. The van der Waals surface area contributed by atoms with E-state index in [-0.39, 0.29) is 78.1 Å². The Balaban J connectivity index is 1.53. The van der Waals surface area contributed by atoms with E-state index in [1.165, 1.54) is 16.7 Å². The Morgan fingerprint density at radius 1 is 1.00 bits per heavy atom. The number of imidazole rings is 1. The summed E-state index contributed by atoms with van der Waals surface area (Å²) in [5.41, 5.74) is -0.706. The molecule has 41 heavy (non-hydrogen) atoms. The van der Waals surface area contributed by atoms with Crippen LogP contribution >= 0.6 is 0 Å². The summed E-state index contributed by atoms with van der Waals surface area (Å²) in [5.74, 6) is -4.78. The predicted octanol–water partition coefficient (Wildman–Crippen LogP) is 6.09. The lowest BCUT2D eigenvalue weighted by molar-refractivity contribution is -0.182. The first-order chi connectivity index (χ1) is 19.1. The maximum atomic E-state index is 15.3. The molecule has 0 bridgehead atoms. The van der Waals surface area contributed by atoms with Gasteiger partial charge in [-0.2, -0.15) is 13.2 Å². The van der Waals surface area contributed by atoms with Gasteiger partial charge in [0.25, 0.3) is 5.91 Å². The highest BCUT2D eigenvalue weighted by atomic mass is 19.4. The molecule has 0 atom stereocenters. The zero-order chi connectivity index (χ0) is 30.3. The fourth-order valence-electron chi connectivity index (χ4n) is 4.97. The average Bonchev–Trinajstić information content (AvgIpc) is 3.18. The van der Waals surface area contributed by atoms with Crippen LogP contribution in [0.5, 0.6) is 0 Å². The maximum absolute atomic E-state index is 15.3. The van der Waals surface area contributed by atoms with Crippen molar-refractivity contribution in [1.29, 1.82) is 0 Å². The summed E-state index contributed by atoms with van der Waals surface area (Å²) in [6, 6.07) is 4.15. The van der Waals surface area contributed by atoms with E-state index in [2.05, 4.69) is 15.6 Å². The van der Waals surface area contributed by atoms with Crippen molar-refractivity contribution in [3.63, 3.8) is 0 Å². The Labute approximate surface area is 233 Å². The van der Waals surface area contributed by atoms with Gasteiger partial charge in [-0.05, 0) is 37.8 Å². The van der Waals surface area contributed by atoms with Crippen LogP contribution in [0.15, 0.2) is 24.3 Å². The summed E-state index contributed by atoms with van der Waals surface area (Å²) in [6.45, 7) is 4.99. The Morgan fingerprint density at radius 3 is 2.27 bits per heavy atom. The summed E-state index contributed by atoms with van der Waals surface area (Å²) in [5, 5.41) is 5.25. The monoisotopic (exact) mass is 582 g/mol. The summed E-state index contributed by atoms with van der Waals surface area (Å²) >= 11 is 0. The number of nitrogens with one attached hydrogen (secondary N) is 2. The van der Waals surface area contributed by atoms with Gasteiger partial charge in [0.15, 0.2) is 0 Å². The number of fused-ring (bicyclic) bond motifs is 1. The number of amides is 2. The third kappa shape index (κ3) is 6.68. The van der Waals surface area contributed by atoms with E-state index in [4.69, 9.17) is 0 Å². The largest absolute Gasteiger partial charge is 0.391 e. The van der Waals surface area contributed by atoms with Crippen LogP contribution < -0.4 is 10.6 Å². The van der Waals surface area contributed by atoms with E-state index in [9.17, 15) is 31.5 Å². The first-order valence-corrected chi connectivity index (χ1v) is 13.3. The SMILES string of the molecule is Cn1c(Cc2c(F)ccc(CNC(=O)C(C)(C)C)c2F)nc2cc(C(=O)NC3CCC(C(F)(F)F)CC3)c(F)cc21. The molecular formula is C29H32F6N4O2. The number of nitrogens with zero attached hydrogens (tertiary/aromatic N) is 2. The minimum absolute atomic E-state index is 0.0898. The van der Waals surface area contributed by atoms with Crippen LogP contribution in [0, 0.1) is 28.8 Å². The molecule has 2 aromatic carbocycles. The summed E-state index contributed by atoms with van der Waals surface area (Å²) in [6.07, 6.45) is -4.53. The molecule has 222 valence electrons. The molecule has 0 spiro atoms. The molecular weight excluding hydrogens is 550 g/mol. The first kappa shape index (κ1) is 30.4. The zero-order valence-corrected chi connectivity index (χ0v) is 23.2. The third-order valence-corrected chi connectivity index (χ3v) is 7.55. The fraction of sp³-hybridized carbons (Fsp3) is 0.483. The topological polar surface area (TPSA) is 76.0 Å². The number of carbonyl (C=O) groups is 2. The van der Waals surface area contributed by atoms with Gasteiger partial charge in [-0.3, -0.25) is 9.59 Å². The van der Waals surface area contributed by atoms with Gasteiger partial charge < -0.3 is 15.2 Å². The first-order valence-electron chi connectivity index (χ1n) is 13.3. The van der Waals surface area contributed by atoms with Gasteiger partial charge >= 0.3 is 6.18 Å². The van der Waals surface area contributed by atoms with E-state index in [0.29, 0.717) is 0 Å². The standard InChI is InChI=1S/C29H32F6N4O2/c1-28(2,3)27(41)36-14-15-5-10-20(30)18(25(15)32)12-24-38-22-11-19(21(31)13-23(22)39(24)4)26(40)37-17-8-6-16(7-9-17)29(33,34)35/h5,10-11,13,16-17H,6-9,12,14H2,1-4H3,(H,36,41)(H,37,40). The lowest BCUT2D eigenvalue weighted by Gasteiger charge is -2.30. The Kier molecular flexibility index (Phi) is 8.42. The number of aryl methyl sites for hydroxylation is 1. The van der Waals surface area contributed by atoms with Gasteiger partial charge in [0.1, 0.15) is 23.3 Å². The van der Waals surface area contributed by atoms with Crippen molar-refractivity contribution in [2.45, 2.75) is 71.6 Å². The molecule has 1 aliphatic rings. The summed E-state index contributed by atoms with van der Waals surface area (Å²) in [4.78, 5) is 29.4. The van der Waals surface area contributed by atoms with Crippen molar-refractivity contribution in [2.75, 3.05) is 0 Å². The van der Waals surface area contributed by atoms with Crippen LogP contribution in [-0.2, 0) is 24.8 Å². The molecule has 4 rings (SSSR count). The predicted molar refractivity (Wildman–Crippen MR) is 140 cm³/mol. The van der Waals surface area contributed by atoms with Gasteiger partial charge in [0, 0.05) is 48.7 Å². The second-order valence-corrected chi connectivity index (χ2v) is 11.6. The second kappa shape index (κ2) is 11.4. The number of alkyl halides is 3. The molecule has 0 radical (unpaired) electrons. The van der Waals surface area contributed by atoms with Gasteiger partial charge in [0.05, 0.1) is 22.5 Å². The average molecular weight is 583 g/mol. The maximum Gasteiger partial charge on any atom is 0.391 e. The van der Waals surface area contributed by atoms with Crippen molar-refractivity contribution < 1.29 is 35.9 Å². The van der Waals surface area contributed by atoms with Gasteiger partial charge in [-0.1, -0.05) is 26.8 Å². The van der Waals surface area contributed by atoms with E-state index in [1.807, 2.05) is 0 Å². The molecule has 1 fully saturated rings. The van der Waals surface area contributed by atoms with Crippen LogP contribution in [0.25, 0.3) is 11.0 Å². The minimum atomic E-state index is -4.28. The molecule has 0 saturated heterocycles. The van der Waals surface area contributed by atoms with Crippen LogP contribution in [-0.4, -0.2) is 33.6 Å². The fourth-order valence-corrected chi connectivity index (χ4v) is 4.97. The molecule has 2 amide bonds. The number of benzene rings is 2. The quantitative estimate of drug-likeness (QED) is 0.345. The summed E-state index contributed by atoms with van der Waals surface area (Å²) in [7, 11) is 1.55. The second-order valence-electron chi connectivity index (χ2n) is 11.6. The molecule has 1 aromatic heterocycles. The van der Waals surface area contributed by atoms with Crippen LogP contribution in [0.2, 0.25) is 0 Å². The van der Waals surface area contributed by atoms with E-state index < -0.39 is 46.9 Å². The molecule has 1 heterocycles. The molecule has 2 N–H and O–H groups in total. The zero-order valence-electron chi connectivity index (χ0n) is 23.2. The van der Waals surface area contributed by atoms with E-state index in [1.54, 1.807) is 27.8 Å². The number of halogens is 6. The minimum Gasteiger partial charge on any atom is -0.351 e. The van der Waals surface area contributed by atoms with Gasteiger partial charge in [-0.15, -0.1) is 0 Å². The van der Waals surface area contributed by atoms with Gasteiger partial charge in [-0.25, -0.2) is 18.2 Å². The third-order valence-electron chi connectivity index (χ3n) is 7.55. The Bertz CT molecular complexity index is 1470. The van der Waals surface area contributed by atoms with Gasteiger partial charge in [0.2, 0.25) is 5.91 Å². The lowest BCUT2D eigenvalue weighted by Crippen LogP contribution is -2.40. The highest BCUT2D eigenvalue weighted by Gasteiger charge is 2.41. The van der Waals surface area contributed by atoms with E-state index >= 15 is 4.39 Å². The molecule has 0 aliphatic heterocycles. The normalized spacial score (nSPS) is 18.0. The molecule has 1 saturated carbocycles. The van der Waals surface area contributed by atoms with Crippen molar-refractivity contribution in [2.24, 2.45) is 18.4 Å². The smallest absolute Gasteiger partial charge is 0.351 e. The highest BCUT2D eigenvalue weighted by Crippen LogP contribution is 2.37. The number of hydrogen-bond donors (Lipinski definition) is 2. The Morgan fingerprint density at radius 2 is 1.66 bits per heavy atom. The Hall–Kier alpha value is -3.57. The van der Waals surface area contributed by atoms with E-state index in [0.717, 1.165) is 12.1 Å². The number of hydrogen-bond acceptors (Lipinski definition) is 3. The number of aromatic nitrogens is 2. The van der Waals surface area contributed by atoms with Crippen LogP contribution in [0.4, 0.5) is 26.3 Å². The van der Waals surface area contributed by atoms with Crippen LogP contribution in [0.1, 0.15) is 73.8 Å². The van der Waals surface area contributed by atoms with Crippen LogP contribution in [0.3, 0.4) is 0 Å².